The van der Waals surface area contributed by atoms with Crippen LogP contribution in [0.4, 0.5) is 11.4 Å². The van der Waals surface area contributed by atoms with Crippen molar-refractivity contribution in [2.75, 3.05) is 24.3 Å². The van der Waals surface area contributed by atoms with Crippen molar-refractivity contribution < 1.29 is 9.59 Å². The van der Waals surface area contributed by atoms with E-state index in [0.29, 0.717) is 13.1 Å². The summed E-state index contributed by atoms with van der Waals surface area (Å²) in [6, 6.07) is 26.0. The van der Waals surface area contributed by atoms with E-state index in [1.54, 1.807) is 0 Å². The number of carbonyl (C=O) groups excluding carboxylic acids is 2. The minimum atomic E-state index is -0.216. The Labute approximate surface area is 209 Å². The summed E-state index contributed by atoms with van der Waals surface area (Å²) in [6.07, 6.45) is 0.721. The molecule has 0 aromatic heterocycles. The van der Waals surface area contributed by atoms with Gasteiger partial charge in [-0.25, -0.2) is 0 Å². The zero-order valence-electron chi connectivity index (χ0n) is 21.5. The predicted molar refractivity (Wildman–Crippen MR) is 144 cm³/mol. The molecule has 0 heterocycles. The summed E-state index contributed by atoms with van der Waals surface area (Å²) >= 11 is 0. The molecule has 1 N–H and O–H groups in total. The summed E-state index contributed by atoms with van der Waals surface area (Å²) in [6.45, 7) is 6.76. The van der Waals surface area contributed by atoms with Crippen molar-refractivity contribution in [3.8, 4) is 0 Å². The number of rotatable bonds is 10. The highest BCUT2D eigenvalue weighted by Crippen LogP contribution is 2.29. The first-order valence-corrected chi connectivity index (χ1v) is 12.3. The van der Waals surface area contributed by atoms with E-state index in [0.717, 1.165) is 34.5 Å². The molecule has 35 heavy (non-hydrogen) atoms. The number of hydrogen-bond acceptors (Lipinski definition) is 3. The minimum Gasteiger partial charge on any atom is -0.377 e. The summed E-state index contributed by atoms with van der Waals surface area (Å²) in [5.41, 5.74) is 4.87. The molecule has 3 aromatic carbocycles. The Hall–Kier alpha value is -3.60. The summed E-state index contributed by atoms with van der Waals surface area (Å²) in [7, 11) is 3.99. The number of amides is 2. The van der Waals surface area contributed by atoms with Crippen molar-refractivity contribution in [3.05, 3.63) is 95.6 Å². The maximum Gasteiger partial charge on any atom is 0.230 e. The van der Waals surface area contributed by atoms with Gasteiger partial charge < -0.3 is 15.1 Å². The van der Waals surface area contributed by atoms with Gasteiger partial charge in [-0.15, -0.1) is 0 Å². The lowest BCUT2D eigenvalue weighted by Gasteiger charge is -2.29. The van der Waals surface area contributed by atoms with Crippen molar-refractivity contribution >= 4 is 23.2 Å². The molecular weight excluding hydrogens is 434 g/mol. The third-order valence-electron chi connectivity index (χ3n) is 6.15. The molecule has 5 nitrogen and oxygen atoms in total. The van der Waals surface area contributed by atoms with Gasteiger partial charge in [-0.3, -0.25) is 9.59 Å². The van der Waals surface area contributed by atoms with E-state index in [1.165, 1.54) is 0 Å². The standard InChI is InChI=1S/C30H37N3O2/c1-6-27(24-15-11-8-12-16-24)30(35)33(20-23-13-9-7-10-14-23)21-25-19-26(31-29(34)22(2)3)17-18-28(25)32(4)5/h7-19,22,27H,6,20-21H2,1-5H3,(H,31,34)/t27-/m0/s1. The van der Waals surface area contributed by atoms with E-state index >= 15 is 0 Å². The lowest BCUT2D eigenvalue weighted by atomic mass is 9.94. The molecule has 0 bridgehead atoms. The molecule has 2 amide bonds. The molecule has 3 rings (SSSR count). The minimum absolute atomic E-state index is 0.0269. The molecule has 3 aromatic rings. The van der Waals surface area contributed by atoms with E-state index in [4.69, 9.17) is 0 Å². The normalized spacial score (nSPS) is 11.7. The van der Waals surface area contributed by atoms with E-state index in [2.05, 4.69) is 24.4 Å². The van der Waals surface area contributed by atoms with Crippen LogP contribution in [0.5, 0.6) is 0 Å². The molecule has 0 saturated heterocycles. The Balaban J connectivity index is 1.98. The Morgan fingerprint density at radius 2 is 1.49 bits per heavy atom. The van der Waals surface area contributed by atoms with Crippen LogP contribution in [-0.2, 0) is 22.7 Å². The molecule has 184 valence electrons. The smallest absolute Gasteiger partial charge is 0.230 e. The van der Waals surface area contributed by atoms with Crippen LogP contribution in [0, 0.1) is 5.92 Å². The summed E-state index contributed by atoms with van der Waals surface area (Å²) in [4.78, 5) is 30.3. The van der Waals surface area contributed by atoms with E-state index < -0.39 is 0 Å². The highest BCUT2D eigenvalue weighted by Gasteiger charge is 2.26. The topological polar surface area (TPSA) is 52.7 Å². The van der Waals surface area contributed by atoms with Gasteiger partial charge in [-0.1, -0.05) is 81.4 Å². The summed E-state index contributed by atoms with van der Waals surface area (Å²) in [5.74, 6) is -0.254. The van der Waals surface area contributed by atoms with Gasteiger partial charge in [0.2, 0.25) is 11.8 Å². The molecule has 0 saturated carbocycles. The first kappa shape index (κ1) is 26.0. The van der Waals surface area contributed by atoms with Gasteiger partial charge in [0.1, 0.15) is 0 Å². The zero-order chi connectivity index (χ0) is 25.4. The average molecular weight is 472 g/mol. The third kappa shape index (κ3) is 6.95. The predicted octanol–water partition coefficient (Wildman–Crippen LogP) is 6.07. The Morgan fingerprint density at radius 1 is 0.857 bits per heavy atom. The fraction of sp³-hybridized carbons (Fsp3) is 0.333. The number of hydrogen-bond donors (Lipinski definition) is 1. The van der Waals surface area contributed by atoms with Gasteiger partial charge in [-0.2, -0.15) is 0 Å². The fourth-order valence-corrected chi connectivity index (χ4v) is 4.19. The SMILES string of the molecule is CC[C@H](C(=O)N(Cc1ccccc1)Cc1cc(NC(=O)C(C)C)ccc1N(C)C)c1ccccc1. The summed E-state index contributed by atoms with van der Waals surface area (Å²) in [5, 5.41) is 3.00. The van der Waals surface area contributed by atoms with Gasteiger partial charge in [0, 0.05) is 44.5 Å². The van der Waals surface area contributed by atoms with Crippen molar-refractivity contribution in [1.82, 2.24) is 4.90 Å². The first-order chi connectivity index (χ1) is 16.8. The van der Waals surface area contributed by atoms with Crippen LogP contribution in [0.1, 0.15) is 49.8 Å². The van der Waals surface area contributed by atoms with Crippen LogP contribution in [-0.4, -0.2) is 30.8 Å². The van der Waals surface area contributed by atoms with Crippen LogP contribution in [0.15, 0.2) is 78.9 Å². The molecular formula is C30H37N3O2. The highest BCUT2D eigenvalue weighted by molar-refractivity contribution is 5.92. The van der Waals surface area contributed by atoms with Gasteiger partial charge in [0.05, 0.1) is 5.92 Å². The molecule has 0 aliphatic rings. The molecule has 5 heteroatoms. The lowest BCUT2D eigenvalue weighted by molar-refractivity contribution is -0.134. The Kier molecular flexibility index (Phi) is 9.07. The number of carbonyl (C=O) groups is 2. The fourth-order valence-electron chi connectivity index (χ4n) is 4.19. The van der Waals surface area contributed by atoms with Crippen molar-refractivity contribution in [3.63, 3.8) is 0 Å². The number of nitrogens with one attached hydrogen (secondary N) is 1. The van der Waals surface area contributed by atoms with Gasteiger partial charge >= 0.3 is 0 Å². The van der Waals surface area contributed by atoms with Gasteiger partial charge in [0.25, 0.3) is 0 Å². The second-order valence-electron chi connectivity index (χ2n) is 9.43. The van der Waals surface area contributed by atoms with Crippen molar-refractivity contribution in [1.29, 1.82) is 0 Å². The Bertz CT molecular complexity index is 1110. The second kappa shape index (κ2) is 12.2. The van der Waals surface area contributed by atoms with Crippen molar-refractivity contribution in [2.45, 2.75) is 46.2 Å². The average Bonchev–Trinajstić information content (AvgIpc) is 2.85. The first-order valence-electron chi connectivity index (χ1n) is 12.3. The molecule has 0 radical (unpaired) electrons. The summed E-state index contributed by atoms with van der Waals surface area (Å²) < 4.78 is 0. The van der Waals surface area contributed by atoms with Crippen LogP contribution in [0.25, 0.3) is 0 Å². The third-order valence-corrected chi connectivity index (χ3v) is 6.15. The Morgan fingerprint density at radius 3 is 2.06 bits per heavy atom. The second-order valence-corrected chi connectivity index (χ2v) is 9.43. The largest absolute Gasteiger partial charge is 0.377 e. The van der Waals surface area contributed by atoms with Gasteiger partial charge in [-0.05, 0) is 41.3 Å². The monoisotopic (exact) mass is 471 g/mol. The molecule has 0 aliphatic heterocycles. The van der Waals surface area contributed by atoms with Crippen LogP contribution in [0.2, 0.25) is 0 Å². The van der Waals surface area contributed by atoms with Crippen LogP contribution in [0.3, 0.4) is 0 Å². The van der Waals surface area contributed by atoms with E-state index in [9.17, 15) is 9.59 Å². The zero-order valence-corrected chi connectivity index (χ0v) is 21.5. The van der Waals surface area contributed by atoms with Crippen LogP contribution >= 0.6 is 0 Å². The quantitative estimate of drug-likeness (QED) is 0.390. The molecule has 0 spiro atoms. The molecule has 0 unspecified atom stereocenters. The lowest BCUT2D eigenvalue weighted by Crippen LogP contribution is -2.34. The van der Waals surface area contributed by atoms with E-state index in [-0.39, 0.29) is 23.7 Å². The molecule has 0 aliphatic carbocycles. The number of benzene rings is 3. The highest BCUT2D eigenvalue weighted by atomic mass is 16.2. The number of anilines is 2. The van der Waals surface area contributed by atoms with E-state index in [1.807, 2.05) is 104 Å². The molecule has 1 atom stereocenters. The maximum absolute atomic E-state index is 14.0. The van der Waals surface area contributed by atoms with Gasteiger partial charge in [0.15, 0.2) is 0 Å². The van der Waals surface area contributed by atoms with Crippen molar-refractivity contribution in [2.24, 2.45) is 5.92 Å². The number of nitrogens with zero attached hydrogens (tertiary/aromatic N) is 2. The molecule has 0 fully saturated rings. The van der Waals surface area contributed by atoms with Crippen LogP contribution < -0.4 is 10.2 Å². The maximum atomic E-state index is 14.0.